The maximum Gasteiger partial charge on any atom is 0.256 e. The predicted molar refractivity (Wildman–Crippen MR) is 81.3 cm³/mol. The summed E-state index contributed by atoms with van der Waals surface area (Å²) in [6.07, 6.45) is 4.44. The van der Waals surface area contributed by atoms with Gasteiger partial charge in [0.25, 0.3) is 5.91 Å². The Morgan fingerprint density at radius 1 is 1.33 bits per heavy atom. The van der Waals surface area contributed by atoms with Crippen LogP contribution in [0.25, 0.3) is 0 Å². The lowest BCUT2D eigenvalue weighted by atomic mass is 10.1. The summed E-state index contributed by atoms with van der Waals surface area (Å²) in [7, 11) is 0. The van der Waals surface area contributed by atoms with Crippen molar-refractivity contribution < 1.29 is 4.79 Å². The summed E-state index contributed by atoms with van der Waals surface area (Å²) in [6.45, 7) is 1.27. The first-order valence-corrected chi connectivity index (χ1v) is 8.35. The average Bonchev–Trinajstić information content (AvgIpc) is 3.04. The number of hydrogen-bond donors (Lipinski definition) is 0. The predicted octanol–water partition coefficient (Wildman–Crippen LogP) is 3.22. The molecule has 1 amide bonds. The van der Waals surface area contributed by atoms with E-state index in [2.05, 4.69) is 10.3 Å². The van der Waals surface area contributed by atoms with Crippen molar-refractivity contribution in [1.82, 2.24) is 19.9 Å². The minimum Gasteiger partial charge on any atom is -0.334 e. The molecule has 0 spiro atoms. The second-order valence-corrected chi connectivity index (χ2v) is 7.79. The van der Waals surface area contributed by atoms with Crippen molar-refractivity contribution in [3.8, 4) is 0 Å². The van der Waals surface area contributed by atoms with Gasteiger partial charge in [0.05, 0.1) is 21.6 Å². The van der Waals surface area contributed by atoms with Crippen LogP contribution in [0.2, 0.25) is 8.67 Å². The zero-order valence-corrected chi connectivity index (χ0v) is 13.3. The molecule has 1 saturated heterocycles. The SMILES string of the molecule is O=C(c1cc(Cl)sc1Cl)N1CC(n2cc(C3CC3)nn2)C1. The molecule has 0 radical (unpaired) electrons. The van der Waals surface area contributed by atoms with E-state index in [4.69, 9.17) is 23.2 Å². The number of rotatable bonds is 3. The molecule has 8 heteroatoms. The van der Waals surface area contributed by atoms with E-state index in [1.165, 1.54) is 24.2 Å². The molecular weight excluding hydrogens is 331 g/mol. The van der Waals surface area contributed by atoms with Gasteiger partial charge in [0.2, 0.25) is 0 Å². The van der Waals surface area contributed by atoms with Crippen LogP contribution in [-0.4, -0.2) is 38.9 Å². The molecule has 0 aromatic carbocycles. The first-order chi connectivity index (χ1) is 10.1. The number of halogens is 2. The summed E-state index contributed by atoms with van der Waals surface area (Å²) >= 11 is 13.1. The first-order valence-electron chi connectivity index (χ1n) is 6.77. The number of carbonyl (C=O) groups is 1. The standard InChI is InChI=1S/C13H12Cl2N4OS/c14-11-3-9(12(15)21-11)13(20)18-4-8(5-18)19-6-10(16-17-19)7-1-2-7/h3,6-8H,1-2,4-5H2. The zero-order chi connectivity index (χ0) is 14.6. The Hall–Kier alpha value is -1.11. The molecule has 2 aromatic rings. The topological polar surface area (TPSA) is 51.0 Å². The highest BCUT2D eigenvalue weighted by atomic mass is 35.5. The number of thiophene rings is 1. The van der Waals surface area contributed by atoms with Crippen molar-refractivity contribution in [3.63, 3.8) is 0 Å². The van der Waals surface area contributed by atoms with Gasteiger partial charge < -0.3 is 4.90 Å². The number of hydrogen-bond acceptors (Lipinski definition) is 4. The number of likely N-dealkylation sites (tertiary alicyclic amines) is 1. The molecule has 0 atom stereocenters. The Morgan fingerprint density at radius 3 is 2.71 bits per heavy atom. The van der Waals surface area contributed by atoms with E-state index in [1.807, 2.05) is 10.9 Å². The molecule has 1 aliphatic heterocycles. The van der Waals surface area contributed by atoms with Crippen LogP contribution >= 0.6 is 34.5 Å². The first kappa shape index (κ1) is 13.5. The number of aromatic nitrogens is 3. The van der Waals surface area contributed by atoms with Gasteiger partial charge in [0.15, 0.2) is 0 Å². The number of nitrogens with zero attached hydrogens (tertiary/aromatic N) is 4. The molecule has 2 aromatic heterocycles. The van der Waals surface area contributed by atoms with E-state index in [1.54, 1.807) is 11.0 Å². The Labute approximate surface area is 135 Å². The molecular formula is C13H12Cl2N4OS. The third-order valence-corrected chi connectivity index (χ3v) is 5.42. The molecule has 0 N–H and O–H groups in total. The molecule has 0 bridgehead atoms. The monoisotopic (exact) mass is 342 g/mol. The van der Waals surface area contributed by atoms with Crippen LogP contribution < -0.4 is 0 Å². The Balaban J connectivity index is 1.42. The average molecular weight is 343 g/mol. The molecule has 2 aliphatic rings. The van der Waals surface area contributed by atoms with Crippen LogP contribution in [0.4, 0.5) is 0 Å². The fourth-order valence-electron chi connectivity index (χ4n) is 2.48. The van der Waals surface area contributed by atoms with Crippen LogP contribution in [0.1, 0.15) is 40.9 Å². The van der Waals surface area contributed by atoms with Gasteiger partial charge >= 0.3 is 0 Å². The number of carbonyl (C=O) groups excluding carboxylic acids is 1. The zero-order valence-electron chi connectivity index (χ0n) is 11.0. The summed E-state index contributed by atoms with van der Waals surface area (Å²) in [5, 5.41) is 8.37. The summed E-state index contributed by atoms with van der Waals surface area (Å²) in [4.78, 5) is 14.1. The molecule has 1 saturated carbocycles. The van der Waals surface area contributed by atoms with Gasteiger partial charge in [-0.05, 0) is 18.9 Å². The molecule has 3 heterocycles. The van der Waals surface area contributed by atoms with Crippen molar-refractivity contribution in [2.45, 2.75) is 24.8 Å². The second-order valence-electron chi connectivity index (χ2n) is 5.50. The lowest BCUT2D eigenvalue weighted by Gasteiger charge is -2.38. The van der Waals surface area contributed by atoms with Gasteiger partial charge in [-0.2, -0.15) is 0 Å². The van der Waals surface area contributed by atoms with E-state index in [0.717, 1.165) is 5.69 Å². The van der Waals surface area contributed by atoms with Gasteiger partial charge in [0.1, 0.15) is 4.34 Å². The summed E-state index contributed by atoms with van der Waals surface area (Å²) < 4.78 is 2.86. The highest BCUT2D eigenvalue weighted by molar-refractivity contribution is 7.20. The Bertz CT molecular complexity index is 703. The maximum absolute atomic E-state index is 12.3. The van der Waals surface area contributed by atoms with Crippen molar-refractivity contribution in [2.75, 3.05) is 13.1 Å². The molecule has 4 rings (SSSR count). The lowest BCUT2D eigenvalue weighted by molar-refractivity contribution is 0.0499. The van der Waals surface area contributed by atoms with E-state index in [0.29, 0.717) is 33.2 Å². The lowest BCUT2D eigenvalue weighted by Crippen LogP contribution is -2.50. The quantitative estimate of drug-likeness (QED) is 0.860. The highest BCUT2D eigenvalue weighted by Gasteiger charge is 2.35. The van der Waals surface area contributed by atoms with Crippen molar-refractivity contribution in [1.29, 1.82) is 0 Å². The molecule has 21 heavy (non-hydrogen) atoms. The maximum atomic E-state index is 12.3. The summed E-state index contributed by atoms with van der Waals surface area (Å²) in [5.74, 6) is 0.533. The molecule has 0 unspecified atom stereocenters. The molecule has 1 aliphatic carbocycles. The van der Waals surface area contributed by atoms with Crippen LogP contribution in [-0.2, 0) is 0 Å². The molecule has 2 fully saturated rings. The third kappa shape index (κ3) is 2.45. The van der Waals surface area contributed by atoms with Gasteiger partial charge in [0, 0.05) is 25.2 Å². The Kier molecular flexibility index (Phi) is 3.20. The summed E-state index contributed by atoms with van der Waals surface area (Å²) in [6, 6.07) is 1.84. The fraction of sp³-hybridized carbons (Fsp3) is 0.462. The minimum atomic E-state index is -0.0677. The highest BCUT2D eigenvalue weighted by Crippen LogP contribution is 2.39. The van der Waals surface area contributed by atoms with Crippen molar-refractivity contribution in [2.24, 2.45) is 0 Å². The van der Waals surface area contributed by atoms with Crippen LogP contribution in [0.5, 0.6) is 0 Å². The van der Waals surface area contributed by atoms with Gasteiger partial charge in [-0.3, -0.25) is 4.79 Å². The van der Waals surface area contributed by atoms with Crippen LogP contribution in [0.3, 0.4) is 0 Å². The van der Waals surface area contributed by atoms with Crippen LogP contribution in [0.15, 0.2) is 12.3 Å². The minimum absolute atomic E-state index is 0.0677. The van der Waals surface area contributed by atoms with Crippen molar-refractivity contribution in [3.05, 3.63) is 32.2 Å². The summed E-state index contributed by atoms with van der Waals surface area (Å²) in [5.41, 5.74) is 1.56. The second kappa shape index (κ2) is 4.97. The van der Waals surface area contributed by atoms with Crippen molar-refractivity contribution >= 4 is 40.4 Å². The number of amides is 1. The normalized spacial score (nSPS) is 18.9. The third-order valence-electron chi connectivity index (χ3n) is 3.93. The fourth-order valence-corrected chi connectivity index (χ4v) is 3.93. The van der Waals surface area contributed by atoms with Gasteiger partial charge in [-0.15, -0.1) is 16.4 Å². The van der Waals surface area contributed by atoms with E-state index in [9.17, 15) is 4.79 Å². The largest absolute Gasteiger partial charge is 0.334 e. The smallest absolute Gasteiger partial charge is 0.256 e. The van der Waals surface area contributed by atoms with Crippen LogP contribution in [0, 0.1) is 0 Å². The van der Waals surface area contributed by atoms with Gasteiger partial charge in [-0.1, -0.05) is 28.4 Å². The molecule has 110 valence electrons. The van der Waals surface area contributed by atoms with E-state index < -0.39 is 0 Å². The Morgan fingerprint density at radius 2 is 2.10 bits per heavy atom. The van der Waals surface area contributed by atoms with E-state index in [-0.39, 0.29) is 11.9 Å². The van der Waals surface area contributed by atoms with E-state index >= 15 is 0 Å². The molecule has 5 nitrogen and oxygen atoms in total. The van der Waals surface area contributed by atoms with Gasteiger partial charge in [-0.25, -0.2) is 4.68 Å².